The van der Waals surface area contributed by atoms with Gasteiger partial charge in [0.15, 0.2) is 0 Å². The summed E-state index contributed by atoms with van der Waals surface area (Å²) in [5, 5.41) is 10.1. The molecule has 0 spiro atoms. The smallest absolute Gasteiger partial charge is 0.0580 e. The van der Waals surface area contributed by atoms with Gasteiger partial charge in [0.2, 0.25) is 0 Å². The van der Waals surface area contributed by atoms with E-state index in [2.05, 4.69) is 4.84 Å². The van der Waals surface area contributed by atoms with Crippen molar-refractivity contribution in [1.29, 1.82) is 0 Å². The fourth-order valence-electron chi connectivity index (χ4n) is 0.0780. The molecular formula is CH5IN3O2-. The van der Waals surface area contributed by atoms with Crippen molar-refractivity contribution in [2.75, 3.05) is 7.11 Å². The van der Waals surface area contributed by atoms with Crippen LogP contribution in [0.4, 0.5) is 0 Å². The highest BCUT2D eigenvalue weighted by Gasteiger charge is 1.88. The first-order valence-corrected chi connectivity index (χ1v) is 2.37. The highest BCUT2D eigenvalue weighted by molar-refractivity contribution is 14.1. The van der Waals surface area contributed by atoms with Gasteiger partial charge in [-0.15, -0.1) is 3.33 Å². The number of hydrogen-bond donors (Lipinski definition) is 1. The number of rotatable bonds is 2. The predicted molar refractivity (Wildman–Crippen MR) is 32.3 cm³/mol. The fraction of sp³-hybridized carbons (Fsp3) is 1.00. The minimum Gasteiger partial charge on any atom is -0.746 e. The summed E-state index contributed by atoms with van der Waals surface area (Å²) >= 11 is 1.57. The molecule has 0 rings (SSSR count). The number of halogens is 1. The topological polar surface area (TPSA) is 64.8 Å². The summed E-state index contributed by atoms with van der Waals surface area (Å²) in [7, 11) is 1.23. The Morgan fingerprint density at radius 1 is 1.86 bits per heavy atom. The Hall–Kier alpha value is 0.530. The maximum absolute atomic E-state index is 10.00. The molecule has 0 aliphatic rings. The molecule has 0 saturated carbocycles. The molecule has 0 radical (unpaired) electrons. The van der Waals surface area contributed by atoms with E-state index < -0.39 is 0 Å². The average molecular weight is 218 g/mol. The van der Waals surface area contributed by atoms with Crippen LogP contribution in [-0.4, -0.2) is 15.8 Å². The molecule has 0 heterocycles. The minimum atomic E-state index is 0.139. The van der Waals surface area contributed by atoms with Crippen molar-refractivity contribution in [2.45, 2.75) is 0 Å². The van der Waals surface area contributed by atoms with Gasteiger partial charge in [-0.3, -0.25) is 4.84 Å². The van der Waals surface area contributed by atoms with Crippen molar-refractivity contribution in [2.24, 2.45) is 5.84 Å². The molecule has 0 saturated heterocycles. The molecule has 0 fully saturated rings. The highest BCUT2D eigenvalue weighted by Crippen LogP contribution is 1.93. The van der Waals surface area contributed by atoms with Crippen molar-refractivity contribution >= 4 is 22.9 Å². The van der Waals surface area contributed by atoms with Crippen molar-refractivity contribution in [3.63, 3.8) is 0 Å². The van der Waals surface area contributed by atoms with E-state index in [9.17, 15) is 5.21 Å². The summed E-state index contributed by atoms with van der Waals surface area (Å²) in [5.74, 6) is 4.85. The highest BCUT2D eigenvalue weighted by atomic mass is 127. The molecule has 7 heavy (non-hydrogen) atoms. The zero-order valence-corrected chi connectivity index (χ0v) is 5.82. The van der Waals surface area contributed by atoms with Crippen molar-refractivity contribution in [1.82, 2.24) is 8.67 Å². The van der Waals surface area contributed by atoms with Crippen LogP contribution in [0.25, 0.3) is 0 Å². The monoisotopic (exact) mass is 218 g/mol. The second-order valence-corrected chi connectivity index (χ2v) is 1.70. The summed E-state index contributed by atoms with van der Waals surface area (Å²) in [4.78, 5) is 4.08. The van der Waals surface area contributed by atoms with Crippen LogP contribution in [0.2, 0.25) is 0 Å². The quantitative estimate of drug-likeness (QED) is 0.300. The number of nitrogens with two attached hydrogens (primary N) is 1. The fourth-order valence-corrected chi connectivity index (χ4v) is 0.254. The van der Waals surface area contributed by atoms with E-state index in [1.807, 2.05) is 0 Å². The molecule has 0 aliphatic carbocycles. The lowest BCUT2D eigenvalue weighted by Crippen LogP contribution is -2.34. The van der Waals surface area contributed by atoms with Gasteiger partial charge in [-0.05, 0) is 0 Å². The van der Waals surface area contributed by atoms with Crippen LogP contribution in [0.5, 0.6) is 0 Å². The normalized spacial score (nSPS) is 11.1. The van der Waals surface area contributed by atoms with E-state index in [-0.39, 0.29) is 5.34 Å². The third-order valence-electron chi connectivity index (χ3n) is 0.312. The second-order valence-electron chi connectivity index (χ2n) is 0.709. The lowest BCUT2D eigenvalue weighted by Gasteiger charge is -2.27. The standard InChI is InChI=1S/CH5IN3O2/c1-7-5(6)4(2)3/h3H2,1H3/q-1. The molecule has 44 valence electrons. The van der Waals surface area contributed by atoms with Crippen molar-refractivity contribution in [3.8, 4) is 0 Å². The van der Waals surface area contributed by atoms with E-state index in [0.29, 0.717) is 0 Å². The Morgan fingerprint density at radius 2 is 2.29 bits per heavy atom. The molecule has 2 N–H and O–H groups in total. The molecule has 6 heteroatoms. The van der Waals surface area contributed by atoms with Crippen LogP contribution in [0.3, 0.4) is 0 Å². The summed E-state index contributed by atoms with van der Waals surface area (Å²) in [6.45, 7) is 0. The zero-order chi connectivity index (χ0) is 5.86. The first-order valence-electron chi connectivity index (χ1n) is 1.40. The Labute approximate surface area is 55.0 Å². The Balaban J connectivity index is 3.14. The first-order chi connectivity index (χ1) is 3.18. The van der Waals surface area contributed by atoms with Gasteiger partial charge >= 0.3 is 0 Å². The van der Waals surface area contributed by atoms with E-state index in [1.165, 1.54) is 7.11 Å². The van der Waals surface area contributed by atoms with Crippen LogP contribution >= 0.6 is 22.9 Å². The van der Waals surface area contributed by atoms with Gasteiger partial charge in [-0.2, -0.15) is 5.34 Å². The number of hydrogen-bond acceptors (Lipinski definition) is 5. The van der Waals surface area contributed by atoms with Crippen molar-refractivity contribution < 1.29 is 4.84 Å². The molecule has 0 bridgehead atoms. The molecule has 0 aromatic rings. The molecular weight excluding hydrogens is 213 g/mol. The minimum absolute atomic E-state index is 0.139. The zero-order valence-electron chi connectivity index (χ0n) is 3.67. The largest absolute Gasteiger partial charge is 0.746 e. The molecule has 0 unspecified atom stereocenters. The van der Waals surface area contributed by atoms with Gasteiger partial charge in [-0.1, -0.05) is 0 Å². The number of hydrazine groups is 2. The third-order valence-corrected chi connectivity index (χ3v) is 0.665. The maximum Gasteiger partial charge on any atom is 0.0580 e. The molecule has 5 nitrogen and oxygen atoms in total. The van der Waals surface area contributed by atoms with Crippen LogP contribution in [-0.2, 0) is 4.84 Å². The van der Waals surface area contributed by atoms with E-state index in [1.54, 1.807) is 22.9 Å². The average Bonchev–Trinajstić information content (AvgIpc) is 1.65. The molecule has 0 atom stereocenters. The summed E-state index contributed by atoms with van der Waals surface area (Å²) < 4.78 is 0.748. The van der Waals surface area contributed by atoms with E-state index in [0.717, 1.165) is 3.33 Å². The van der Waals surface area contributed by atoms with Crippen LogP contribution in [0.15, 0.2) is 0 Å². The van der Waals surface area contributed by atoms with Gasteiger partial charge in [0.05, 0.1) is 30.0 Å². The third kappa shape index (κ3) is 3.14. The maximum atomic E-state index is 10.00. The summed E-state index contributed by atoms with van der Waals surface area (Å²) in [6, 6.07) is 0. The lowest BCUT2D eigenvalue weighted by atomic mass is 11.7. The van der Waals surface area contributed by atoms with Gasteiger partial charge < -0.3 is 5.21 Å². The lowest BCUT2D eigenvalue weighted by molar-refractivity contribution is -0.177. The molecule has 0 aliphatic heterocycles. The number of nitrogens with zero attached hydrogens (tertiary/aromatic N) is 2. The summed E-state index contributed by atoms with van der Waals surface area (Å²) in [6.07, 6.45) is 0. The van der Waals surface area contributed by atoms with E-state index in [4.69, 9.17) is 5.84 Å². The van der Waals surface area contributed by atoms with Crippen LogP contribution in [0, 0.1) is 5.21 Å². The van der Waals surface area contributed by atoms with Gasteiger partial charge in [0.25, 0.3) is 0 Å². The second kappa shape index (κ2) is 3.52. The van der Waals surface area contributed by atoms with Crippen LogP contribution < -0.4 is 5.84 Å². The molecule has 0 aromatic heterocycles. The molecule has 0 amide bonds. The molecule has 0 aromatic carbocycles. The van der Waals surface area contributed by atoms with Gasteiger partial charge in [0, 0.05) is 0 Å². The van der Waals surface area contributed by atoms with Crippen LogP contribution in [0.1, 0.15) is 0 Å². The first kappa shape index (κ1) is 7.53. The Kier molecular flexibility index (Phi) is 3.79. The SMILES string of the molecule is CON([O-])N(N)I. The van der Waals surface area contributed by atoms with Gasteiger partial charge in [0.1, 0.15) is 0 Å². The van der Waals surface area contributed by atoms with E-state index >= 15 is 0 Å². The Bertz CT molecular complexity index is 50.2. The predicted octanol–water partition coefficient (Wildman–Crippen LogP) is -0.212. The summed E-state index contributed by atoms with van der Waals surface area (Å²) in [5.41, 5.74) is 0. The Morgan fingerprint density at radius 3 is 2.29 bits per heavy atom. The van der Waals surface area contributed by atoms with Crippen molar-refractivity contribution in [3.05, 3.63) is 5.21 Å². The van der Waals surface area contributed by atoms with Gasteiger partial charge in [-0.25, -0.2) is 5.84 Å².